The molecule has 11 heteroatoms. The topological polar surface area (TPSA) is 82.8 Å². The summed E-state index contributed by atoms with van der Waals surface area (Å²) in [5.41, 5.74) is 0.818. The Balaban J connectivity index is 0.00000576. The van der Waals surface area contributed by atoms with E-state index in [1.807, 2.05) is 13.8 Å². The van der Waals surface area contributed by atoms with Crippen molar-refractivity contribution in [2.45, 2.75) is 32.5 Å². The molecule has 1 rings (SSSR count). The average molecular weight is 477 g/mol. The van der Waals surface area contributed by atoms with Gasteiger partial charge in [0.1, 0.15) is 6.54 Å². The summed E-state index contributed by atoms with van der Waals surface area (Å²) in [6.07, 6.45) is -4.43. The molecular formula is C14H23F3IN5O2. The molecule has 0 spiro atoms. The van der Waals surface area contributed by atoms with Crippen molar-refractivity contribution in [1.82, 2.24) is 20.7 Å². The van der Waals surface area contributed by atoms with Crippen LogP contribution in [-0.4, -0.2) is 55.3 Å². The van der Waals surface area contributed by atoms with Gasteiger partial charge < -0.3 is 20.1 Å². The molecule has 0 bridgehead atoms. The Bertz CT molecular complexity index is 575. The maximum atomic E-state index is 12.2. The molecule has 0 aliphatic carbocycles. The second-order valence-corrected chi connectivity index (χ2v) is 5.52. The highest BCUT2D eigenvalue weighted by Gasteiger charge is 2.31. The Morgan fingerprint density at radius 2 is 2.04 bits per heavy atom. The van der Waals surface area contributed by atoms with E-state index in [0.29, 0.717) is 10.7 Å². The second-order valence-electron chi connectivity index (χ2n) is 5.52. The van der Waals surface area contributed by atoms with Gasteiger partial charge in [0.15, 0.2) is 11.7 Å². The molecule has 0 aromatic carbocycles. The fourth-order valence-corrected chi connectivity index (χ4v) is 1.73. The van der Waals surface area contributed by atoms with Crippen LogP contribution in [0, 0.1) is 0 Å². The van der Waals surface area contributed by atoms with Crippen molar-refractivity contribution >= 4 is 35.8 Å². The molecule has 0 atom stereocenters. The van der Waals surface area contributed by atoms with Crippen LogP contribution < -0.4 is 10.6 Å². The molecule has 0 aliphatic heterocycles. The minimum Gasteiger partial charge on any atom is -0.359 e. The molecule has 0 saturated carbocycles. The number of carbonyl (C=O) groups excluding carboxylic acids is 1. The van der Waals surface area contributed by atoms with Crippen molar-refractivity contribution in [3.8, 4) is 0 Å². The number of amides is 1. The van der Waals surface area contributed by atoms with E-state index < -0.39 is 18.6 Å². The van der Waals surface area contributed by atoms with Gasteiger partial charge in [-0.05, 0) is 5.92 Å². The number of alkyl halides is 3. The van der Waals surface area contributed by atoms with Gasteiger partial charge in [0.2, 0.25) is 5.91 Å². The second kappa shape index (κ2) is 10.5. The highest BCUT2D eigenvalue weighted by atomic mass is 127. The number of rotatable bonds is 6. The Hall–Kier alpha value is -1.53. The van der Waals surface area contributed by atoms with Crippen LogP contribution in [0.4, 0.5) is 13.2 Å². The summed E-state index contributed by atoms with van der Waals surface area (Å²) in [5.74, 6) is 0.396. The van der Waals surface area contributed by atoms with Gasteiger partial charge >= 0.3 is 6.18 Å². The zero-order valence-corrected chi connectivity index (χ0v) is 16.8. The van der Waals surface area contributed by atoms with E-state index in [-0.39, 0.29) is 48.9 Å². The first-order valence-electron chi connectivity index (χ1n) is 7.33. The molecule has 7 nitrogen and oxygen atoms in total. The lowest BCUT2D eigenvalue weighted by atomic mass is 10.1. The fraction of sp³-hybridized carbons (Fsp3) is 0.643. The van der Waals surface area contributed by atoms with E-state index >= 15 is 0 Å². The molecule has 0 fully saturated rings. The van der Waals surface area contributed by atoms with E-state index in [2.05, 4.69) is 20.8 Å². The Labute approximate surface area is 161 Å². The lowest BCUT2D eigenvalue weighted by Crippen LogP contribution is -2.45. The number of aromatic nitrogens is 1. The predicted octanol–water partition coefficient (Wildman–Crippen LogP) is 2.10. The molecule has 1 aromatic heterocycles. The van der Waals surface area contributed by atoms with Gasteiger partial charge in [-0.2, -0.15) is 13.2 Å². The number of aliphatic imine (C=N–C) groups is 1. The van der Waals surface area contributed by atoms with Gasteiger partial charge in [0.25, 0.3) is 0 Å². The molecule has 25 heavy (non-hydrogen) atoms. The molecule has 0 unspecified atom stereocenters. The summed E-state index contributed by atoms with van der Waals surface area (Å²) in [6.45, 7) is 2.65. The van der Waals surface area contributed by atoms with E-state index in [0.717, 1.165) is 12.7 Å². The molecule has 2 N–H and O–H groups in total. The van der Waals surface area contributed by atoms with Gasteiger partial charge in [0.05, 0.1) is 18.8 Å². The highest BCUT2D eigenvalue weighted by molar-refractivity contribution is 14.0. The highest BCUT2D eigenvalue weighted by Crippen LogP contribution is 2.15. The molecule has 1 aromatic rings. The van der Waals surface area contributed by atoms with Crippen molar-refractivity contribution < 1.29 is 22.5 Å². The SMILES string of the molecule is CN=C(NCC(=O)N(C)CC(F)(F)F)NCc1cc(C(C)C)no1.I. The van der Waals surface area contributed by atoms with Crippen molar-refractivity contribution in [2.75, 3.05) is 27.2 Å². The predicted molar refractivity (Wildman–Crippen MR) is 97.9 cm³/mol. The van der Waals surface area contributed by atoms with Crippen molar-refractivity contribution in [2.24, 2.45) is 4.99 Å². The van der Waals surface area contributed by atoms with Crippen molar-refractivity contribution in [3.63, 3.8) is 0 Å². The molecule has 1 amide bonds. The number of halogens is 4. The minimum absolute atomic E-state index is 0. The van der Waals surface area contributed by atoms with Gasteiger partial charge in [-0.15, -0.1) is 24.0 Å². The van der Waals surface area contributed by atoms with Crippen LogP contribution in [0.3, 0.4) is 0 Å². The van der Waals surface area contributed by atoms with E-state index in [9.17, 15) is 18.0 Å². The van der Waals surface area contributed by atoms with Gasteiger partial charge in [-0.3, -0.25) is 9.79 Å². The Morgan fingerprint density at radius 3 is 2.52 bits per heavy atom. The molecule has 0 aliphatic rings. The fourth-order valence-electron chi connectivity index (χ4n) is 1.73. The number of nitrogens with zero attached hydrogens (tertiary/aromatic N) is 3. The maximum Gasteiger partial charge on any atom is 0.406 e. The van der Waals surface area contributed by atoms with E-state index in [1.165, 1.54) is 7.05 Å². The number of hydrogen-bond acceptors (Lipinski definition) is 4. The molecule has 0 saturated heterocycles. The maximum absolute atomic E-state index is 12.2. The monoisotopic (exact) mass is 477 g/mol. The van der Waals surface area contributed by atoms with Crippen LogP contribution in [0.1, 0.15) is 31.2 Å². The van der Waals surface area contributed by atoms with Crippen LogP contribution in [0.25, 0.3) is 0 Å². The summed E-state index contributed by atoms with van der Waals surface area (Å²) in [7, 11) is 2.58. The minimum atomic E-state index is -4.43. The summed E-state index contributed by atoms with van der Waals surface area (Å²) in [6, 6.07) is 1.80. The third-order valence-electron chi connectivity index (χ3n) is 3.07. The summed E-state index contributed by atoms with van der Waals surface area (Å²) < 4.78 is 41.8. The summed E-state index contributed by atoms with van der Waals surface area (Å²) >= 11 is 0. The zero-order valence-electron chi connectivity index (χ0n) is 14.5. The summed E-state index contributed by atoms with van der Waals surface area (Å²) in [5, 5.41) is 9.45. The average Bonchev–Trinajstić information content (AvgIpc) is 2.94. The van der Waals surface area contributed by atoms with E-state index in [4.69, 9.17) is 4.52 Å². The number of carbonyl (C=O) groups is 1. The van der Waals surface area contributed by atoms with Crippen LogP contribution in [0.2, 0.25) is 0 Å². The standard InChI is InChI=1S/C14H22F3N5O2.HI/c1-9(2)11-5-10(24-21-11)6-19-13(18-3)20-7-12(23)22(4)8-14(15,16)17;/h5,9H,6-8H2,1-4H3,(H2,18,19,20);1H. The summed E-state index contributed by atoms with van der Waals surface area (Å²) in [4.78, 5) is 16.1. The molecular weight excluding hydrogens is 454 g/mol. The van der Waals surface area contributed by atoms with Crippen LogP contribution in [0.15, 0.2) is 15.6 Å². The first-order chi connectivity index (χ1) is 11.1. The third-order valence-corrected chi connectivity index (χ3v) is 3.07. The number of guanidine groups is 1. The first kappa shape index (κ1) is 23.5. The zero-order chi connectivity index (χ0) is 18.3. The molecule has 0 radical (unpaired) electrons. The smallest absolute Gasteiger partial charge is 0.359 e. The largest absolute Gasteiger partial charge is 0.406 e. The lowest BCUT2D eigenvalue weighted by Gasteiger charge is -2.19. The van der Waals surface area contributed by atoms with Crippen LogP contribution in [0.5, 0.6) is 0 Å². The van der Waals surface area contributed by atoms with Gasteiger partial charge in [0, 0.05) is 20.2 Å². The number of nitrogens with one attached hydrogen (secondary N) is 2. The number of hydrogen-bond donors (Lipinski definition) is 2. The Kier molecular flexibility index (Phi) is 9.82. The van der Waals surface area contributed by atoms with E-state index in [1.54, 1.807) is 6.07 Å². The van der Waals surface area contributed by atoms with Crippen LogP contribution in [-0.2, 0) is 11.3 Å². The Morgan fingerprint density at radius 1 is 1.40 bits per heavy atom. The van der Waals surface area contributed by atoms with Gasteiger partial charge in [-0.1, -0.05) is 19.0 Å². The molecule has 1 heterocycles. The number of likely N-dealkylation sites (N-methyl/N-ethyl adjacent to an activating group) is 1. The van der Waals surface area contributed by atoms with Crippen LogP contribution >= 0.6 is 24.0 Å². The quantitative estimate of drug-likeness (QED) is 0.373. The van der Waals surface area contributed by atoms with Gasteiger partial charge in [-0.25, -0.2) is 0 Å². The third kappa shape index (κ3) is 8.93. The normalized spacial score (nSPS) is 11.9. The molecule has 144 valence electrons. The lowest BCUT2D eigenvalue weighted by molar-refractivity contribution is -0.157. The van der Waals surface area contributed by atoms with Crippen molar-refractivity contribution in [3.05, 3.63) is 17.5 Å². The van der Waals surface area contributed by atoms with Crippen molar-refractivity contribution in [1.29, 1.82) is 0 Å². The first-order valence-corrected chi connectivity index (χ1v) is 7.33.